The second-order valence-electron chi connectivity index (χ2n) is 9.31. The van der Waals surface area contributed by atoms with Crippen molar-refractivity contribution in [3.63, 3.8) is 0 Å². The van der Waals surface area contributed by atoms with Gasteiger partial charge in [0, 0.05) is 45.2 Å². The predicted molar refractivity (Wildman–Crippen MR) is 108 cm³/mol. The molecule has 0 bridgehead atoms. The number of nitrogens with zero attached hydrogens (tertiary/aromatic N) is 3. The number of hydrogen-bond acceptors (Lipinski definition) is 5. The van der Waals surface area contributed by atoms with Crippen LogP contribution in [0.3, 0.4) is 0 Å². The molecule has 1 amide bonds. The topological polar surface area (TPSA) is 83.0 Å². The van der Waals surface area contributed by atoms with E-state index in [2.05, 4.69) is 9.88 Å². The van der Waals surface area contributed by atoms with Gasteiger partial charge in [-0.25, -0.2) is 4.79 Å². The number of ether oxygens (including phenoxy) is 1. The number of likely N-dealkylation sites (tertiary alicyclic amines) is 1. The molecular weight excluding hydrogens is 427 g/mol. The number of carboxylic acids is 1. The molecule has 1 aliphatic carbocycles. The molecule has 3 aliphatic rings. The Hall–Kier alpha value is -2.36. The Morgan fingerprint density at radius 2 is 1.88 bits per heavy atom. The third-order valence-corrected chi connectivity index (χ3v) is 7.00. The lowest BCUT2D eigenvalue weighted by Crippen LogP contribution is -2.46. The smallest absolute Gasteiger partial charge is 0.433 e. The summed E-state index contributed by atoms with van der Waals surface area (Å²) >= 11 is 0. The Morgan fingerprint density at radius 3 is 2.44 bits per heavy atom. The maximum absolute atomic E-state index is 12.7. The number of carboxylic acid groups (broad SMARTS) is 1. The molecule has 4 rings (SSSR count). The van der Waals surface area contributed by atoms with E-state index in [4.69, 9.17) is 9.84 Å². The van der Waals surface area contributed by atoms with Gasteiger partial charge in [0.05, 0.1) is 12.5 Å². The van der Waals surface area contributed by atoms with Crippen LogP contribution in [-0.4, -0.2) is 63.7 Å². The molecule has 10 heteroatoms. The van der Waals surface area contributed by atoms with Gasteiger partial charge in [0.15, 0.2) is 0 Å². The molecule has 0 radical (unpaired) electrons. The molecule has 0 unspecified atom stereocenters. The van der Waals surface area contributed by atoms with Crippen LogP contribution in [0.2, 0.25) is 0 Å². The van der Waals surface area contributed by atoms with Gasteiger partial charge in [-0.2, -0.15) is 13.2 Å². The number of halogens is 3. The number of piperidine rings is 1. The first kappa shape index (κ1) is 22.8. The molecule has 1 aromatic rings. The van der Waals surface area contributed by atoms with E-state index in [-0.39, 0.29) is 12.0 Å². The van der Waals surface area contributed by atoms with Gasteiger partial charge in [0.2, 0.25) is 0 Å². The number of hydrogen-bond donors (Lipinski definition) is 1. The quantitative estimate of drug-likeness (QED) is 0.728. The minimum atomic E-state index is -4.44. The molecule has 1 N–H and O–H groups in total. The molecule has 0 atom stereocenters. The summed E-state index contributed by atoms with van der Waals surface area (Å²) in [7, 11) is 0. The normalized spacial score (nSPS) is 26.3. The van der Waals surface area contributed by atoms with Crippen LogP contribution in [0, 0.1) is 11.8 Å². The van der Waals surface area contributed by atoms with Gasteiger partial charge in [-0.15, -0.1) is 0 Å². The van der Waals surface area contributed by atoms with E-state index in [0.29, 0.717) is 64.3 Å². The third kappa shape index (κ3) is 5.16. The Morgan fingerprint density at radius 1 is 1.19 bits per heavy atom. The first-order valence-electron chi connectivity index (χ1n) is 11.1. The van der Waals surface area contributed by atoms with Crippen LogP contribution in [-0.2, 0) is 22.3 Å². The average molecular weight is 455 g/mol. The Kier molecular flexibility index (Phi) is 6.33. The number of aliphatic carboxylic acids is 1. The lowest BCUT2D eigenvalue weighted by atomic mass is 9.81. The van der Waals surface area contributed by atoms with Gasteiger partial charge >= 0.3 is 18.2 Å². The Labute approximate surface area is 184 Å². The highest BCUT2D eigenvalue weighted by Crippen LogP contribution is 2.36. The van der Waals surface area contributed by atoms with Crippen LogP contribution in [0.15, 0.2) is 18.3 Å². The van der Waals surface area contributed by atoms with Crippen molar-refractivity contribution in [2.75, 3.05) is 26.2 Å². The molecule has 3 heterocycles. The van der Waals surface area contributed by atoms with E-state index in [1.165, 1.54) is 12.3 Å². The molecule has 176 valence electrons. The van der Waals surface area contributed by atoms with Crippen LogP contribution in [0.4, 0.5) is 18.0 Å². The van der Waals surface area contributed by atoms with Crippen molar-refractivity contribution in [2.45, 2.75) is 56.8 Å². The van der Waals surface area contributed by atoms with E-state index in [9.17, 15) is 22.8 Å². The van der Waals surface area contributed by atoms with E-state index in [1.54, 1.807) is 4.90 Å². The SMILES string of the molecule is O=C(O)C1CCC(CN2CC3(CCN(Cc4ccc(C(F)(F)F)nc4)CC3)OC2=O)CC1. The van der Waals surface area contributed by atoms with Crippen molar-refractivity contribution in [2.24, 2.45) is 11.8 Å². The summed E-state index contributed by atoms with van der Waals surface area (Å²) < 4.78 is 43.8. The second-order valence-corrected chi connectivity index (χ2v) is 9.31. The fourth-order valence-electron chi connectivity index (χ4n) is 5.06. The number of amides is 1. The zero-order chi connectivity index (χ0) is 22.9. The van der Waals surface area contributed by atoms with Gasteiger partial charge in [-0.05, 0) is 43.2 Å². The lowest BCUT2D eigenvalue weighted by molar-refractivity contribution is -0.143. The van der Waals surface area contributed by atoms with Crippen LogP contribution in [0.25, 0.3) is 0 Å². The van der Waals surface area contributed by atoms with Gasteiger partial charge in [0.1, 0.15) is 11.3 Å². The van der Waals surface area contributed by atoms with Crippen molar-refractivity contribution in [3.05, 3.63) is 29.6 Å². The summed E-state index contributed by atoms with van der Waals surface area (Å²) in [6.45, 7) is 3.03. The van der Waals surface area contributed by atoms with Crippen LogP contribution >= 0.6 is 0 Å². The number of carbonyl (C=O) groups excluding carboxylic acids is 1. The van der Waals surface area contributed by atoms with E-state index >= 15 is 0 Å². The summed E-state index contributed by atoms with van der Waals surface area (Å²) in [5.41, 5.74) is -0.686. The number of alkyl halides is 3. The maximum Gasteiger partial charge on any atom is 0.433 e. The van der Waals surface area contributed by atoms with E-state index < -0.39 is 23.4 Å². The van der Waals surface area contributed by atoms with E-state index in [1.807, 2.05) is 0 Å². The fourth-order valence-corrected chi connectivity index (χ4v) is 5.06. The summed E-state index contributed by atoms with van der Waals surface area (Å²) in [6.07, 6.45) is 0.803. The van der Waals surface area contributed by atoms with Crippen molar-refractivity contribution in [1.82, 2.24) is 14.8 Å². The second kappa shape index (κ2) is 8.88. The van der Waals surface area contributed by atoms with Gasteiger partial charge < -0.3 is 14.7 Å². The van der Waals surface area contributed by atoms with Crippen molar-refractivity contribution >= 4 is 12.1 Å². The molecule has 1 saturated carbocycles. The first-order chi connectivity index (χ1) is 15.1. The average Bonchev–Trinajstić information content (AvgIpc) is 3.04. The van der Waals surface area contributed by atoms with Crippen molar-refractivity contribution < 1.29 is 32.6 Å². The highest BCUT2D eigenvalue weighted by atomic mass is 19.4. The van der Waals surface area contributed by atoms with Crippen LogP contribution in [0.5, 0.6) is 0 Å². The Balaban J connectivity index is 1.25. The number of pyridine rings is 1. The molecule has 0 aromatic carbocycles. The Bertz CT molecular complexity index is 830. The third-order valence-electron chi connectivity index (χ3n) is 7.00. The summed E-state index contributed by atoms with van der Waals surface area (Å²) in [5.74, 6) is -0.699. The first-order valence-corrected chi connectivity index (χ1v) is 11.1. The highest BCUT2D eigenvalue weighted by molar-refractivity contribution is 5.71. The number of rotatable bonds is 5. The van der Waals surface area contributed by atoms with Crippen LogP contribution < -0.4 is 0 Å². The minimum Gasteiger partial charge on any atom is -0.481 e. The van der Waals surface area contributed by atoms with E-state index in [0.717, 1.165) is 24.5 Å². The minimum absolute atomic E-state index is 0.271. The molecule has 32 heavy (non-hydrogen) atoms. The summed E-state index contributed by atoms with van der Waals surface area (Å²) in [4.78, 5) is 31.0. The predicted octanol–water partition coefficient (Wildman–Crippen LogP) is 3.78. The van der Waals surface area contributed by atoms with Crippen molar-refractivity contribution in [1.29, 1.82) is 0 Å². The monoisotopic (exact) mass is 455 g/mol. The molecule has 2 saturated heterocycles. The van der Waals surface area contributed by atoms with Gasteiger partial charge in [0.25, 0.3) is 0 Å². The van der Waals surface area contributed by atoms with Gasteiger partial charge in [-0.1, -0.05) is 6.07 Å². The molecule has 1 aromatic heterocycles. The molecule has 3 fully saturated rings. The van der Waals surface area contributed by atoms with Crippen LogP contribution in [0.1, 0.15) is 49.8 Å². The number of aromatic nitrogens is 1. The molecule has 2 aliphatic heterocycles. The molecular formula is C22H28F3N3O4. The molecule has 1 spiro atoms. The zero-order valence-corrected chi connectivity index (χ0v) is 17.8. The maximum atomic E-state index is 12.7. The molecule has 7 nitrogen and oxygen atoms in total. The lowest BCUT2D eigenvalue weighted by Gasteiger charge is -2.37. The standard InChI is InChI=1S/C22H28F3N3O4/c23-22(24,25)18-6-3-16(11-26-18)12-27-9-7-21(8-10-27)14-28(20(31)32-21)13-15-1-4-17(5-2-15)19(29)30/h3,6,11,15,17H,1-2,4-5,7-10,12-14H2,(H,29,30). The zero-order valence-electron chi connectivity index (χ0n) is 17.8. The fraction of sp³-hybridized carbons (Fsp3) is 0.682. The highest BCUT2D eigenvalue weighted by Gasteiger charge is 2.47. The number of carbonyl (C=O) groups is 2. The van der Waals surface area contributed by atoms with Crippen molar-refractivity contribution in [3.8, 4) is 0 Å². The summed E-state index contributed by atoms with van der Waals surface area (Å²) in [5, 5.41) is 9.14. The summed E-state index contributed by atoms with van der Waals surface area (Å²) in [6, 6.07) is 2.46. The largest absolute Gasteiger partial charge is 0.481 e. The van der Waals surface area contributed by atoms with Gasteiger partial charge in [-0.3, -0.25) is 14.7 Å².